The lowest BCUT2D eigenvalue weighted by molar-refractivity contribution is -0.114. The summed E-state index contributed by atoms with van der Waals surface area (Å²) in [4.78, 5) is 34.0. The average Bonchev–Trinajstić information content (AvgIpc) is 3.47. The van der Waals surface area contributed by atoms with Crippen LogP contribution in [0.5, 0.6) is 0 Å². The first-order valence-corrected chi connectivity index (χ1v) is 13.2. The molecule has 0 atom stereocenters. The Kier molecular flexibility index (Phi) is 5.92. The topological polar surface area (TPSA) is 114 Å². The number of aromatic nitrogens is 4. The summed E-state index contributed by atoms with van der Waals surface area (Å²) in [6.45, 7) is 1.47. The molecular weight excluding hydrogens is 510 g/mol. The van der Waals surface area contributed by atoms with Crippen molar-refractivity contribution in [2.75, 3.05) is 17.7 Å². The van der Waals surface area contributed by atoms with Crippen LogP contribution in [0.4, 0.5) is 10.9 Å². The van der Waals surface area contributed by atoms with Crippen LogP contribution in [0.15, 0.2) is 36.5 Å². The van der Waals surface area contributed by atoms with E-state index in [1.165, 1.54) is 31.1 Å². The van der Waals surface area contributed by atoms with E-state index >= 15 is 0 Å². The zero-order valence-electron chi connectivity index (χ0n) is 20.3. The number of hydrogen-bond donors (Lipinski definition) is 3. The fraction of sp³-hybridized carbons (Fsp3) is 0.269. The summed E-state index contributed by atoms with van der Waals surface area (Å²) in [6.07, 6.45) is 5.67. The molecule has 3 N–H and O–H groups in total. The third kappa shape index (κ3) is 4.47. The molecular formula is C26H24ClN7O2S. The number of aryl methyl sites for hydroxylation is 1. The van der Waals surface area contributed by atoms with Crippen LogP contribution >= 0.6 is 22.9 Å². The smallest absolute Gasteiger partial charge is 0.251 e. The van der Waals surface area contributed by atoms with Gasteiger partial charge in [0.25, 0.3) is 5.91 Å². The van der Waals surface area contributed by atoms with E-state index in [1.807, 2.05) is 23.0 Å². The highest BCUT2D eigenvalue weighted by Crippen LogP contribution is 2.44. The number of amides is 2. The summed E-state index contributed by atoms with van der Waals surface area (Å²) in [7, 11) is 1.58. The van der Waals surface area contributed by atoms with Gasteiger partial charge in [-0.25, -0.2) is 14.6 Å². The number of halogens is 1. The predicted molar refractivity (Wildman–Crippen MR) is 145 cm³/mol. The summed E-state index contributed by atoms with van der Waals surface area (Å²) >= 11 is 8.13. The van der Waals surface area contributed by atoms with Crippen LogP contribution < -0.4 is 16.0 Å². The number of benzene rings is 1. The molecule has 3 heterocycles. The molecule has 1 saturated carbocycles. The second kappa shape index (κ2) is 9.28. The lowest BCUT2D eigenvalue weighted by atomic mass is 9.95. The lowest BCUT2D eigenvalue weighted by Gasteiger charge is -2.15. The van der Waals surface area contributed by atoms with Crippen molar-refractivity contribution < 1.29 is 9.59 Å². The number of carbonyl (C=O) groups is 2. The molecule has 2 aliphatic carbocycles. The Labute approximate surface area is 222 Å². The molecule has 0 bridgehead atoms. The van der Waals surface area contributed by atoms with Crippen molar-refractivity contribution in [1.29, 1.82) is 0 Å². The third-order valence-corrected chi connectivity index (χ3v) is 7.74. The Morgan fingerprint density at radius 1 is 1.16 bits per heavy atom. The van der Waals surface area contributed by atoms with Crippen molar-refractivity contribution in [3.8, 4) is 27.5 Å². The van der Waals surface area contributed by atoms with Gasteiger partial charge in [0.2, 0.25) is 5.91 Å². The van der Waals surface area contributed by atoms with Crippen molar-refractivity contribution in [3.05, 3.63) is 58.4 Å². The minimum absolute atomic E-state index is 0.167. The van der Waals surface area contributed by atoms with Crippen molar-refractivity contribution in [1.82, 2.24) is 25.1 Å². The molecule has 0 saturated heterocycles. The highest BCUT2D eigenvalue weighted by Gasteiger charge is 2.31. The van der Waals surface area contributed by atoms with Gasteiger partial charge in [0.05, 0.1) is 32.7 Å². The van der Waals surface area contributed by atoms with E-state index in [9.17, 15) is 9.59 Å². The highest BCUT2D eigenvalue weighted by molar-refractivity contribution is 7.19. The third-order valence-electron chi connectivity index (χ3n) is 6.42. The summed E-state index contributed by atoms with van der Waals surface area (Å²) in [5.74, 6) is 0.476. The standard InChI is InChI=1S/C26H24ClN7O2S/c1-13(35)30-26-32-19-8-7-17-22(15-4-10-21(29-12-15)31-16-5-6-16)33-34(23(17)24(19)37-26)20-9-3-14(11-18(20)27)25(36)28-2/h3-4,9-12,16H,5-8H2,1-2H3,(H,28,36)(H,29,31)(H,30,32,35). The Bertz CT molecular complexity index is 1540. The minimum Gasteiger partial charge on any atom is -0.367 e. The molecule has 2 amide bonds. The van der Waals surface area contributed by atoms with Gasteiger partial charge in [0, 0.05) is 42.9 Å². The molecule has 188 valence electrons. The molecule has 4 aromatic rings. The molecule has 1 aromatic carbocycles. The molecule has 0 radical (unpaired) electrons. The first-order chi connectivity index (χ1) is 17.9. The first kappa shape index (κ1) is 23.6. The monoisotopic (exact) mass is 533 g/mol. The van der Waals surface area contributed by atoms with Gasteiger partial charge in [-0.3, -0.25) is 9.59 Å². The van der Waals surface area contributed by atoms with E-state index in [-0.39, 0.29) is 11.8 Å². The molecule has 2 aliphatic rings. The highest BCUT2D eigenvalue weighted by atomic mass is 35.5. The van der Waals surface area contributed by atoms with E-state index in [0.717, 1.165) is 51.7 Å². The largest absolute Gasteiger partial charge is 0.367 e. The maximum atomic E-state index is 12.1. The van der Waals surface area contributed by atoms with Crippen molar-refractivity contribution >= 4 is 45.7 Å². The first-order valence-electron chi connectivity index (χ1n) is 12.1. The van der Waals surface area contributed by atoms with Gasteiger partial charge >= 0.3 is 0 Å². The van der Waals surface area contributed by atoms with Crippen LogP contribution in [-0.2, 0) is 17.6 Å². The van der Waals surface area contributed by atoms with Crippen LogP contribution in [0.3, 0.4) is 0 Å². The number of nitrogens with one attached hydrogen (secondary N) is 3. The Hall–Kier alpha value is -3.76. The van der Waals surface area contributed by atoms with Crippen LogP contribution in [0.25, 0.3) is 27.5 Å². The second-order valence-corrected chi connectivity index (χ2v) is 10.6. The number of nitrogens with zero attached hydrogens (tertiary/aromatic N) is 4. The predicted octanol–water partition coefficient (Wildman–Crippen LogP) is 4.70. The molecule has 6 rings (SSSR count). The maximum Gasteiger partial charge on any atom is 0.251 e. The molecule has 0 aliphatic heterocycles. The Morgan fingerprint density at radius 3 is 2.68 bits per heavy atom. The molecule has 0 unspecified atom stereocenters. The quantitative estimate of drug-likeness (QED) is 0.331. The summed E-state index contributed by atoms with van der Waals surface area (Å²) in [5.41, 5.74) is 5.72. The van der Waals surface area contributed by atoms with Gasteiger partial charge in [-0.1, -0.05) is 22.9 Å². The van der Waals surface area contributed by atoms with E-state index in [0.29, 0.717) is 27.4 Å². The lowest BCUT2D eigenvalue weighted by Crippen LogP contribution is -2.17. The fourth-order valence-electron chi connectivity index (χ4n) is 4.50. The normalized spacial score (nSPS) is 14.0. The molecule has 1 fully saturated rings. The van der Waals surface area contributed by atoms with Gasteiger partial charge in [-0.05, 0) is 56.0 Å². The molecule has 37 heavy (non-hydrogen) atoms. The molecule has 3 aromatic heterocycles. The van der Waals surface area contributed by atoms with Gasteiger partial charge in [-0.15, -0.1) is 0 Å². The maximum absolute atomic E-state index is 12.1. The Balaban J connectivity index is 1.49. The van der Waals surface area contributed by atoms with Gasteiger partial charge in [0.15, 0.2) is 5.13 Å². The van der Waals surface area contributed by atoms with Crippen LogP contribution in [0, 0.1) is 0 Å². The van der Waals surface area contributed by atoms with E-state index in [4.69, 9.17) is 16.7 Å². The summed E-state index contributed by atoms with van der Waals surface area (Å²) < 4.78 is 1.82. The van der Waals surface area contributed by atoms with Crippen LogP contribution in [-0.4, -0.2) is 44.7 Å². The SMILES string of the molecule is CNC(=O)c1ccc(-n2nc(-c3ccc(NC4CC4)nc3)c3c2-c2sc(NC(C)=O)nc2CC3)c(Cl)c1. The van der Waals surface area contributed by atoms with Gasteiger partial charge in [0.1, 0.15) is 5.82 Å². The summed E-state index contributed by atoms with van der Waals surface area (Å²) in [5, 5.41) is 14.8. The second-order valence-electron chi connectivity index (χ2n) is 9.16. The summed E-state index contributed by atoms with van der Waals surface area (Å²) in [6, 6.07) is 9.71. The van der Waals surface area contributed by atoms with Crippen molar-refractivity contribution in [3.63, 3.8) is 0 Å². The molecule has 11 heteroatoms. The zero-order valence-corrected chi connectivity index (χ0v) is 21.8. The van der Waals surface area contributed by atoms with E-state index in [2.05, 4.69) is 25.9 Å². The van der Waals surface area contributed by atoms with Gasteiger partial charge < -0.3 is 16.0 Å². The number of pyridine rings is 1. The molecule has 0 spiro atoms. The van der Waals surface area contributed by atoms with Gasteiger partial charge in [-0.2, -0.15) is 5.10 Å². The number of hydrogen-bond acceptors (Lipinski definition) is 7. The van der Waals surface area contributed by atoms with Crippen molar-refractivity contribution in [2.45, 2.75) is 38.6 Å². The fourth-order valence-corrected chi connectivity index (χ4v) is 5.88. The minimum atomic E-state index is -0.215. The number of carbonyl (C=O) groups excluding carboxylic acids is 2. The average molecular weight is 534 g/mol. The zero-order chi connectivity index (χ0) is 25.7. The number of anilines is 2. The van der Waals surface area contributed by atoms with E-state index < -0.39 is 0 Å². The van der Waals surface area contributed by atoms with Crippen LogP contribution in [0.1, 0.15) is 41.4 Å². The number of thiazole rings is 1. The Morgan fingerprint density at radius 2 is 2.00 bits per heavy atom. The van der Waals surface area contributed by atoms with Crippen molar-refractivity contribution in [2.24, 2.45) is 0 Å². The number of rotatable bonds is 6. The molecule has 9 nitrogen and oxygen atoms in total. The van der Waals surface area contributed by atoms with Crippen LogP contribution in [0.2, 0.25) is 5.02 Å². The number of fused-ring (bicyclic) bond motifs is 3. The van der Waals surface area contributed by atoms with E-state index in [1.54, 1.807) is 25.2 Å².